The van der Waals surface area contributed by atoms with E-state index in [0.717, 1.165) is 38.2 Å². The Morgan fingerprint density at radius 2 is 1.76 bits per heavy atom. The van der Waals surface area contributed by atoms with Gasteiger partial charge >= 0.3 is 0 Å². The van der Waals surface area contributed by atoms with Crippen LogP contribution in [0.3, 0.4) is 0 Å². The molecule has 1 saturated heterocycles. The third kappa shape index (κ3) is 3.47. The maximum absolute atomic E-state index is 8.75. The monoisotopic (exact) mass is 281 g/mol. The second-order valence-electron chi connectivity index (χ2n) is 5.57. The zero-order valence-corrected chi connectivity index (χ0v) is 12.0. The number of aromatic nitrogens is 3. The largest absolute Gasteiger partial charge is 0.299 e. The zero-order chi connectivity index (χ0) is 14.5. The van der Waals surface area contributed by atoms with Gasteiger partial charge in [0.1, 0.15) is 0 Å². The van der Waals surface area contributed by atoms with Crippen LogP contribution >= 0.6 is 0 Å². The van der Waals surface area contributed by atoms with E-state index in [1.54, 1.807) is 17.2 Å². The van der Waals surface area contributed by atoms with Crippen LogP contribution in [-0.4, -0.2) is 33.0 Å². The van der Waals surface area contributed by atoms with Crippen LogP contribution in [0.15, 0.2) is 36.7 Å². The first-order chi connectivity index (χ1) is 10.3. The molecule has 0 saturated carbocycles. The van der Waals surface area contributed by atoms with Crippen molar-refractivity contribution in [2.45, 2.75) is 25.8 Å². The lowest BCUT2D eigenvalue weighted by Crippen LogP contribution is -2.33. The maximum Gasteiger partial charge on any atom is 0.0856 e. The van der Waals surface area contributed by atoms with Gasteiger partial charge in [0.25, 0.3) is 0 Å². The van der Waals surface area contributed by atoms with Gasteiger partial charge in [-0.15, -0.1) is 0 Å². The minimum atomic E-state index is 0.597. The first-order valence-electron chi connectivity index (χ1n) is 7.40. The summed E-state index contributed by atoms with van der Waals surface area (Å²) in [4.78, 5) is 4.09. The van der Waals surface area contributed by atoms with Gasteiger partial charge in [-0.3, -0.25) is 4.90 Å². The van der Waals surface area contributed by atoms with Gasteiger partial charge in [-0.2, -0.15) is 20.3 Å². The summed E-state index contributed by atoms with van der Waals surface area (Å²) in [5.41, 5.74) is 2.29. The van der Waals surface area contributed by atoms with Crippen molar-refractivity contribution < 1.29 is 0 Å². The molecule has 0 aliphatic carbocycles. The molecule has 0 N–H and O–H groups in total. The SMILES string of the molecule is N#CCC1CCN(Cc2ccc(-n3nccn3)cc2)CC1. The van der Waals surface area contributed by atoms with Crippen molar-refractivity contribution in [3.63, 3.8) is 0 Å². The first-order valence-corrected chi connectivity index (χ1v) is 7.40. The fraction of sp³-hybridized carbons (Fsp3) is 0.438. The number of likely N-dealkylation sites (tertiary alicyclic amines) is 1. The summed E-state index contributed by atoms with van der Waals surface area (Å²) in [7, 11) is 0. The molecule has 3 rings (SSSR count). The van der Waals surface area contributed by atoms with Gasteiger partial charge in [-0.05, 0) is 49.5 Å². The van der Waals surface area contributed by atoms with E-state index in [1.807, 2.05) is 0 Å². The normalized spacial score (nSPS) is 16.7. The van der Waals surface area contributed by atoms with Crippen LogP contribution in [0.25, 0.3) is 5.69 Å². The van der Waals surface area contributed by atoms with E-state index in [0.29, 0.717) is 12.3 Å². The van der Waals surface area contributed by atoms with Crippen molar-refractivity contribution in [1.29, 1.82) is 5.26 Å². The third-order valence-corrected chi connectivity index (χ3v) is 4.08. The van der Waals surface area contributed by atoms with Gasteiger partial charge in [-0.1, -0.05) is 12.1 Å². The van der Waals surface area contributed by atoms with Crippen molar-refractivity contribution in [2.75, 3.05) is 13.1 Å². The quantitative estimate of drug-likeness (QED) is 0.863. The van der Waals surface area contributed by atoms with Crippen molar-refractivity contribution in [1.82, 2.24) is 19.9 Å². The van der Waals surface area contributed by atoms with E-state index in [2.05, 4.69) is 45.4 Å². The summed E-state index contributed by atoms with van der Waals surface area (Å²) < 4.78 is 0. The number of nitrogens with zero attached hydrogens (tertiary/aromatic N) is 5. The number of hydrogen-bond acceptors (Lipinski definition) is 4. The Labute approximate surface area is 124 Å². The molecule has 2 heterocycles. The number of rotatable bonds is 4. The van der Waals surface area contributed by atoms with E-state index in [-0.39, 0.29) is 0 Å². The van der Waals surface area contributed by atoms with Crippen LogP contribution in [0.4, 0.5) is 0 Å². The van der Waals surface area contributed by atoms with Crippen LogP contribution in [0.5, 0.6) is 0 Å². The summed E-state index contributed by atoms with van der Waals surface area (Å²) in [6.45, 7) is 3.16. The van der Waals surface area contributed by atoms with Crippen LogP contribution in [0.1, 0.15) is 24.8 Å². The van der Waals surface area contributed by atoms with E-state index in [9.17, 15) is 0 Å². The van der Waals surface area contributed by atoms with Gasteiger partial charge in [0.05, 0.1) is 24.2 Å². The Morgan fingerprint density at radius 3 is 2.38 bits per heavy atom. The van der Waals surface area contributed by atoms with Gasteiger partial charge in [-0.25, -0.2) is 0 Å². The van der Waals surface area contributed by atoms with Crippen molar-refractivity contribution in [3.05, 3.63) is 42.2 Å². The molecule has 1 aromatic carbocycles. The minimum Gasteiger partial charge on any atom is -0.299 e. The van der Waals surface area contributed by atoms with Gasteiger partial charge in [0, 0.05) is 13.0 Å². The molecule has 5 heteroatoms. The topological polar surface area (TPSA) is 57.7 Å². The number of nitriles is 1. The van der Waals surface area contributed by atoms with Crippen molar-refractivity contribution >= 4 is 0 Å². The highest BCUT2D eigenvalue weighted by Gasteiger charge is 2.18. The molecule has 1 aliphatic heterocycles. The van der Waals surface area contributed by atoms with E-state index in [1.165, 1.54) is 5.56 Å². The summed E-state index contributed by atoms with van der Waals surface area (Å²) in [6.07, 6.45) is 6.35. The smallest absolute Gasteiger partial charge is 0.0856 e. The Morgan fingerprint density at radius 1 is 1.10 bits per heavy atom. The minimum absolute atomic E-state index is 0.597. The predicted octanol–water partition coefficient (Wildman–Crippen LogP) is 2.39. The van der Waals surface area contributed by atoms with Crippen molar-refractivity contribution in [2.24, 2.45) is 5.92 Å². The molecule has 1 aliphatic rings. The molecule has 0 bridgehead atoms. The fourth-order valence-corrected chi connectivity index (χ4v) is 2.82. The lowest BCUT2D eigenvalue weighted by atomic mass is 9.94. The fourth-order valence-electron chi connectivity index (χ4n) is 2.82. The first kappa shape index (κ1) is 13.8. The molecule has 0 radical (unpaired) electrons. The molecule has 0 atom stereocenters. The van der Waals surface area contributed by atoms with E-state index in [4.69, 9.17) is 5.26 Å². The van der Waals surface area contributed by atoms with Gasteiger partial charge < -0.3 is 0 Å². The highest BCUT2D eigenvalue weighted by Crippen LogP contribution is 2.21. The van der Waals surface area contributed by atoms with Crippen LogP contribution in [0, 0.1) is 17.2 Å². The number of hydrogen-bond donors (Lipinski definition) is 0. The summed E-state index contributed by atoms with van der Waals surface area (Å²) in [6, 6.07) is 10.7. The zero-order valence-electron chi connectivity index (χ0n) is 12.0. The Balaban J connectivity index is 1.56. The highest BCUT2D eigenvalue weighted by atomic mass is 15.5. The molecular weight excluding hydrogens is 262 g/mol. The molecule has 108 valence electrons. The highest BCUT2D eigenvalue weighted by molar-refractivity contribution is 5.32. The number of benzene rings is 1. The lowest BCUT2D eigenvalue weighted by Gasteiger charge is -2.30. The molecule has 21 heavy (non-hydrogen) atoms. The third-order valence-electron chi connectivity index (χ3n) is 4.08. The summed E-state index contributed by atoms with van der Waals surface area (Å²) in [5.74, 6) is 0.597. The molecule has 2 aromatic rings. The van der Waals surface area contributed by atoms with Crippen molar-refractivity contribution in [3.8, 4) is 11.8 Å². The second-order valence-corrected chi connectivity index (χ2v) is 5.57. The average Bonchev–Trinajstić information content (AvgIpc) is 3.05. The molecule has 1 fully saturated rings. The molecule has 0 amide bonds. The Bertz CT molecular complexity index is 589. The lowest BCUT2D eigenvalue weighted by molar-refractivity contribution is 0.179. The van der Waals surface area contributed by atoms with Gasteiger partial charge in [0.15, 0.2) is 0 Å². The predicted molar refractivity (Wildman–Crippen MR) is 79.6 cm³/mol. The standard InChI is InChI=1S/C16H19N5/c17-8-5-14-6-11-20(12-7-14)13-15-1-3-16(4-2-15)21-18-9-10-19-21/h1-4,9-10,14H,5-7,11-13H2. The molecule has 5 nitrogen and oxygen atoms in total. The molecular formula is C16H19N5. The summed E-state index contributed by atoms with van der Waals surface area (Å²) >= 11 is 0. The molecule has 1 aromatic heterocycles. The average molecular weight is 281 g/mol. The van der Waals surface area contributed by atoms with Crippen LogP contribution < -0.4 is 0 Å². The van der Waals surface area contributed by atoms with E-state index >= 15 is 0 Å². The Hall–Kier alpha value is -2.19. The van der Waals surface area contributed by atoms with E-state index < -0.39 is 0 Å². The van der Waals surface area contributed by atoms with Gasteiger partial charge in [0.2, 0.25) is 0 Å². The van der Waals surface area contributed by atoms with Crippen LogP contribution in [-0.2, 0) is 6.54 Å². The molecule has 0 spiro atoms. The second kappa shape index (κ2) is 6.51. The van der Waals surface area contributed by atoms with Crippen LogP contribution in [0.2, 0.25) is 0 Å². The Kier molecular flexibility index (Phi) is 4.27. The maximum atomic E-state index is 8.75. The summed E-state index contributed by atoms with van der Waals surface area (Å²) in [5, 5.41) is 17.0. The molecule has 0 unspecified atom stereocenters. The number of piperidine rings is 1.